The van der Waals surface area contributed by atoms with E-state index in [0.717, 1.165) is 30.6 Å². The Hall–Kier alpha value is -1.50. The van der Waals surface area contributed by atoms with Gasteiger partial charge in [0.1, 0.15) is 5.82 Å². The van der Waals surface area contributed by atoms with Crippen molar-refractivity contribution in [3.05, 3.63) is 34.5 Å². The van der Waals surface area contributed by atoms with E-state index < -0.39 is 0 Å². The zero-order valence-electron chi connectivity index (χ0n) is 14.4. The summed E-state index contributed by atoms with van der Waals surface area (Å²) in [7, 11) is 1.57. The lowest BCUT2D eigenvalue weighted by molar-refractivity contribution is 0.0915. The molecule has 0 bridgehead atoms. The molecule has 4 rings (SSSR count). The summed E-state index contributed by atoms with van der Waals surface area (Å²) in [5.74, 6) is -0.385. The van der Waals surface area contributed by atoms with Crippen molar-refractivity contribution in [1.82, 2.24) is 10.2 Å². The number of methoxy groups -OCH3 is 1. The minimum absolute atomic E-state index is 0.0925. The number of thiophene rings is 1. The number of rotatable bonds is 4. The summed E-state index contributed by atoms with van der Waals surface area (Å²) in [6, 6.07) is 5.63. The number of nitrogens with zero attached hydrogens (tertiary/aromatic N) is 1. The normalized spacial score (nSPS) is 23.8. The van der Waals surface area contributed by atoms with Gasteiger partial charge in [0, 0.05) is 41.4 Å². The summed E-state index contributed by atoms with van der Waals surface area (Å²) in [4.78, 5) is 16.0. The second kappa shape index (κ2) is 7.02. The van der Waals surface area contributed by atoms with Gasteiger partial charge in [-0.1, -0.05) is 12.5 Å². The molecule has 0 aliphatic carbocycles. The highest BCUT2D eigenvalue weighted by molar-refractivity contribution is 7.21. The Kier molecular flexibility index (Phi) is 4.75. The van der Waals surface area contributed by atoms with Crippen molar-refractivity contribution >= 4 is 27.3 Å². The minimum Gasteiger partial charge on any atom is -0.380 e. The molecule has 2 unspecified atom stereocenters. The Morgan fingerprint density at radius 3 is 3.08 bits per heavy atom. The Morgan fingerprint density at radius 1 is 1.36 bits per heavy atom. The third-order valence-electron chi connectivity index (χ3n) is 5.43. The van der Waals surface area contributed by atoms with Gasteiger partial charge in [-0.2, -0.15) is 0 Å². The average molecular weight is 362 g/mol. The number of amides is 1. The van der Waals surface area contributed by atoms with Crippen molar-refractivity contribution in [2.75, 3.05) is 20.2 Å². The molecule has 0 spiro atoms. The predicted molar refractivity (Wildman–Crippen MR) is 97.6 cm³/mol. The van der Waals surface area contributed by atoms with E-state index in [1.54, 1.807) is 13.2 Å². The second-order valence-electron chi connectivity index (χ2n) is 6.92. The molecule has 1 aromatic heterocycles. The monoisotopic (exact) mass is 362 g/mol. The topological polar surface area (TPSA) is 41.6 Å². The number of hydrogen-bond acceptors (Lipinski definition) is 4. The predicted octanol–water partition coefficient (Wildman–Crippen LogP) is 3.54. The van der Waals surface area contributed by atoms with E-state index in [4.69, 9.17) is 4.74 Å². The third-order valence-corrected chi connectivity index (χ3v) is 6.63. The Balaban J connectivity index is 1.61. The highest BCUT2D eigenvalue weighted by Crippen LogP contribution is 2.34. The maximum absolute atomic E-state index is 14.3. The summed E-state index contributed by atoms with van der Waals surface area (Å²) < 4.78 is 20.3. The number of halogens is 1. The van der Waals surface area contributed by atoms with Gasteiger partial charge < -0.3 is 10.1 Å². The lowest BCUT2D eigenvalue weighted by Crippen LogP contribution is -2.46. The molecular weight excluding hydrogens is 339 g/mol. The van der Waals surface area contributed by atoms with Gasteiger partial charge in [0.25, 0.3) is 5.91 Å². The molecule has 2 saturated heterocycles. The van der Waals surface area contributed by atoms with Crippen molar-refractivity contribution in [1.29, 1.82) is 0 Å². The second-order valence-corrected chi connectivity index (χ2v) is 7.98. The largest absolute Gasteiger partial charge is 0.380 e. The maximum atomic E-state index is 14.3. The van der Waals surface area contributed by atoms with Gasteiger partial charge in [0.15, 0.2) is 0 Å². The number of benzene rings is 1. The van der Waals surface area contributed by atoms with Crippen LogP contribution in [0.2, 0.25) is 0 Å². The molecule has 2 aromatic rings. The SMILES string of the molecule is COCc1c(C(=O)NC2CCN3CCCCC23)sc2cccc(F)c12. The van der Waals surface area contributed by atoms with Gasteiger partial charge in [-0.3, -0.25) is 9.69 Å². The Bertz CT molecular complexity index is 791. The van der Waals surface area contributed by atoms with Gasteiger partial charge >= 0.3 is 0 Å². The first-order valence-corrected chi connectivity index (χ1v) is 9.74. The molecule has 3 heterocycles. The van der Waals surface area contributed by atoms with Crippen LogP contribution in [0.25, 0.3) is 10.1 Å². The van der Waals surface area contributed by atoms with Crippen molar-refractivity contribution < 1.29 is 13.9 Å². The van der Waals surface area contributed by atoms with Crippen LogP contribution >= 0.6 is 11.3 Å². The summed E-state index contributed by atoms with van der Waals surface area (Å²) in [5, 5.41) is 3.74. The van der Waals surface area contributed by atoms with E-state index in [-0.39, 0.29) is 24.4 Å². The standard InChI is InChI=1S/C19H23FN2O2S/c1-24-11-12-17-13(20)5-4-7-16(17)25-18(12)19(23)21-14-8-10-22-9-3-2-6-15(14)22/h4-5,7,14-15H,2-3,6,8-11H2,1H3,(H,21,23). The number of fused-ring (bicyclic) bond motifs is 2. The third kappa shape index (κ3) is 3.07. The van der Waals surface area contributed by atoms with Crippen LogP contribution in [0.4, 0.5) is 4.39 Å². The van der Waals surface area contributed by atoms with Gasteiger partial charge in [0.05, 0.1) is 11.5 Å². The van der Waals surface area contributed by atoms with Gasteiger partial charge in [-0.05, 0) is 37.9 Å². The van der Waals surface area contributed by atoms with Crippen LogP contribution in [0.15, 0.2) is 18.2 Å². The van der Waals surface area contributed by atoms with Crippen LogP contribution in [0.3, 0.4) is 0 Å². The molecule has 1 N–H and O–H groups in total. The van der Waals surface area contributed by atoms with E-state index in [9.17, 15) is 9.18 Å². The van der Waals surface area contributed by atoms with Crippen LogP contribution in [-0.2, 0) is 11.3 Å². The van der Waals surface area contributed by atoms with Crippen LogP contribution in [0.5, 0.6) is 0 Å². The smallest absolute Gasteiger partial charge is 0.262 e. The summed E-state index contributed by atoms with van der Waals surface area (Å²) in [5.41, 5.74) is 0.664. The van der Waals surface area contributed by atoms with Gasteiger partial charge in [0.2, 0.25) is 0 Å². The molecule has 1 aromatic carbocycles. The number of ether oxygens (including phenoxy) is 1. The molecule has 0 radical (unpaired) electrons. The molecule has 2 fully saturated rings. The van der Waals surface area contributed by atoms with Crippen LogP contribution < -0.4 is 5.32 Å². The molecule has 2 atom stereocenters. The van der Waals surface area contributed by atoms with E-state index in [0.29, 0.717) is 21.9 Å². The minimum atomic E-state index is -0.292. The zero-order chi connectivity index (χ0) is 17.4. The molecule has 134 valence electrons. The van der Waals surface area contributed by atoms with E-state index in [2.05, 4.69) is 10.2 Å². The first-order valence-electron chi connectivity index (χ1n) is 8.93. The number of carbonyl (C=O) groups excluding carboxylic acids is 1. The van der Waals surface area contributed by atoms with Gasteiger partial charge in [-0.15, -0.1) is 11.3 Å². The number of hydrogen-bond donors (Lipinski definition) is 1. The molecule has 0 saturated carbocycles. The van der Waals surface area contributed by atoms with E-state index in [1.165, 1.54) is 30.2 Å². The summed E-state index contributed by atoms with van der Waals surface area (Å²) >= 11 is 1.35. The molecule has 6 heteroatoms. The highest BCUT2D eigenvalue weighted by Gasteiger charge is 2.36. The fourth-order valence-electron chi connectivity index (χ4n) is 4.28. The van der Waals surface area contributed by atoms with Crippen molar-refractivity contribution in [3.63, 3.8) is 0 Å². The van der Waals surface area contributed by atoms with Crippen LogP contribution in [0.1, 0.15) is 40.9 Å². The van der Waals surface area contributed by atoms with Crippen LogP contribution in [0, 0.1) is 5.82 Å². The number of nitrogens with one attached hydrogen (secondary N) is 1. The maximum Gasteiger partial charge on any atom is 0.262 e. The quantitative estimate of drug-likeness (QED) is 0.904. The van der Waals surface area contributed by atoms with E-state index >= 15 is 0 Å². The fourth-order valence-corrected chi connectivity index (χ4v) is 5.41. The lowest BCUT2D eigenvalue weighted by Gasteiger charge is -2.32. The molecule has 4 nitrogen and oxygen atoms in total. The van der Waals surface area contributed by atoms with E-state index in [1.807, 2.05) is 6.07 Å². The summed E-state index contributed by atoms with van der Waals surface area (Å²) in [6.07, 6.45) is 4.63. The van der Waals surface area contributed by atoms with Crippen LogP contribution in [-0.4, -0.2) is 43.1 Å². The van der Waals surface area contributed by atoms with Gasteiger partial charge in [-0.25, -0.2) is 4.39 Å². The molecular formula is C19H23FN2O2S. The molecule has 2 aliphatic heterocycles. The average Bonchev–Trinajstić information content (AvgIpc) is 3.18. The Labute approximate surface area is 151 Å². The zero-order valence-corrected chi connectivity index (χ0v) is 15.2. The molecule has 25 heavy (non-hydrogen) atoms. The molecule has 1 amide bonds. The fraction of sp³-hybridized carbons (Fsp3) is 0.526. The Morgan fingerprint density at radius 2 is 2.24 bits per heavy atom. The molecule has 2 aliphatic rings. The van der Waals surface area contributed by atoms with Crippen molar-refractivity contribution in [3.8, 4) is 0 Å². The number of carbonyl (C=O) groups is 1. The summed E-state index contributed by atoms with van der Waals surface area (Å²) in [6.45, 7) is 2.44. The lowest BCUT2D eigenvalue weighted by atomic mass is 9.99. The number of piperidine rings is 1. The first kappa shape index (κ1) is 16.9. The van der Waals surface area contributed by atoms with Crippen molar-refractivity contribution in [2.45, 2.75) is 44.4 Å². The first-order chi connectivity index (χ1) is 12.2. The highest BCUT2D eigenvalue weighted by atomic mass is 32.1. The van der Waals surface area contributed by atoms with Crippen molar-refractivity contribution in [2.24, 2.45) is 0 Å².